The van der Waals surface area contributed by atoms with E-state index in [9.17, 15) is 14.3 Å². The Labute approximate surface area is 187 Å². The van der Waals surface area contributed by atoms with Crippen molar-refractivity contribution < 1.29 is 14.3 Å². The molecule has 2 aromatic rings. The lowest BCUT2D eigenvalue weighted by Gasteiger charge is -2.55. The van der Waals surface area contributed by atoms with E-state index in [-0.39, 0.29) is 23.4 Å². The summed E-state index contributed by atoms with van der Waals surface area (Å²) >= 11 is 0. The zero-order valence-electron chi connectivity index (χ0n) is 18.7. The van der Waals surface area contributed by atoms with Crippen LogP contribution in [0.3, 0.4) is 0 Å². The van der Waals surface area contributed by atoms with Gasteiger partial charge in [0, 0.05) is 24.3 Å². The summed E-state index contributed by atoms with van der Waals surface area (Å²) in [5.41, 5.74) is 1.52. The van der Waals surface area contributed by atoms with Gasteiger partial charge >= 0.3 is 0 Å². The van der Waals surface area contributed by atoms with E-state index in [2.05, 4.69) is 5.32 Å². The van der Waals surface area contributed by atoms with Gasteiger partial charge in [0.2, 0.25) is 5.91 Å². The van der Waals surface area contributed by atoms with Crippen molar-refractivity contribution in [3.05, 3.63) is 58.4 Å². The molecule has 2 aromatic carbocycles. The Balaban J connectivity index is 1.99. The van der Waals surface area contributed by atoms with E-state index in [1.54, 1.807) is 6.07 Å². The predicted octanol–water partition coefficient (Wildman–Crippen LogP) is 3.14. The molecule has 0 bridgehead atoms. The van der Waals surface area contributed by atoms with Crippen molar-refractivity contribution >= 4 is 40.8 Å². The first-order valence-electron chi connectivity index (χ1n) is 10.2. The fraction of sp³-hybridized carbons (Fsp3) is 0.435. The predicted molar refractivity (Wildman–Crippen MR) is 125 cm³/mol. The van der Waals surface area contributed by atoms with E-state index >= 15 is 0 Å². The number of fused-ring (bicyclic) bond motifs is 1. The first-order chi connectivity index (χ1) is 14.1. The fourth-order valence-corrected chi connectivity index (χ4v) is 4.03. The van der Waals surface area contributed by atoms with Gasteiger partial charge < -0.3 is 15.3 Å². The quantitative estimate of drug-likeness (QED) is 0.760. The van der Waals surface area contributed by atoms with Crippen molar-refractivity contribution in [1.29, 1.82) is 0 Å². The van der Waals surface area contributed by atoms with Gasteiger partial charge in [-0.05, 0) is 71.0 Å². The average molecular weight is 414 g/mol. The normalized spacial score (nSPS) is 20.3. The zero-order chi connectivity index (χ0) is 23.4. The molecule has 2 N–H and O–H groups in total. The van der Waals surface area contributed by atoms with E-state index in [0.717, 1.165) is 11.1 Å². The Kier molecular flexibility index (Phi) is 5.85. The highest BCUT2D eigenvalue weighted by Gasteiger charge is 2.48. The molecule has 0 fully saturated rings. The number of nitrogens with zero attached hydrogens (tertiary/aromatic N) is 1. The summed E-state index contributed by atoms with van der Waals surface area (Å²) in [6, 6.07) is 7.72. The molecule has 0 saturated heterocycles. The summed E-state index contributed by atoms with van der Waals surface area (Å²) in [5, 5.41) is 12.2. The third-order valence-electron chi connectivity index (χ3n) is 5.65. The molecule has 6 radical (unpaired) electrons. The Morgan fingerprint density at radius 2 is 1.74 bits per heavy atom. The second kappa shape index (κ2) is 7.73. The molecule has 1 heterocycles. The van der Waals surface area contributed by atoms with E-state index < -0.39 is 16.7 Å². The van der Waals surface area contributed by atoms with Crippen molar-refractivity contribution in [2.75, 3.05) is 10.2 Å². The number of rotatable bonds is 3. The van der Waals surface area contributed by atoms with Gasteiger partial charge in [-0.2, -0.15) is 0 Å². The van der Waals surface area contributed by atoms with Crippen LogP contribution in [0.2, 0.25) is 0 Å². The fourth-order valence-electron chi connectivity index (χ4n) is 4.03. The van der Waals surface area contributed by atoms with Crippen molar-refractivity contribution in [3.8, 4) is 0 Å². The monoisotopic (exact) mass is 414 g/mol. The number of hydrogen-bond acceptors (Lipinski definition) is 3. The van der Waals surface area contributed by atoms with Gasteiger partial charge in [0.05, 0.1) is 21.3 Å². The highest BCUT2D eigenvalue weighted by Crippen LogP contribution is 2.42. The maximum absolute atomic E-state index is 13.8. The van der Waals surface area contributed by atoms with Crippen LogP contribution >= 0.6 is 0 Å². The Hall–Kier alpha value is -2.21. The summed E-state index contributed by atoms with van der Waals surface area (Å²) in [6.07, 6.45) is 0.387. The second-order valence-electron chi connectivity index (χ2n) is 9.72. The molecule has 31 heavy (non-hydrogen) atoms. The average Bonchev–Trinajstić information content (AvgIpc) is 2.60. The SMILES string of the molecule is [B]C1([B])c2cc(F)ccc2CN(c2cc(C)c(NC(=O)CC(C)(C)C)c(C)c2)C1([B])O. The summed E-state index contributed by atoms with van der Waals surface area (Å²) < 4.78 is 13.8. The molecule has 0 saturated carbocycles. The summed E-state index contributed by atoms with van der Waals surface area (Å²) in [7, 11) is 18.7. The van der Waals surface area contributed by atoms with Crippen LogP contribution in [-0.2, 0) is 16.6 Å². The van der Waals surface area contributed by atoms with Gasteiger partial charge in [0.1, 0.15) is 13.7 Å². The van der Waals surface area contributed by atoms with E-state index in [1.165, 1.54) is 17.0 Å². The van der Waals surface area contributed by atoms with Crippen LogP contribution in [0.5, 0.6) is 0 Å². The van der Waals surface area contributed by atoms with Crippen LogP contribution in [0.15, 0.2) is 30.3 Å². The summed E-state index contributed by atoms with van der Waals surface area (Å²) in [6.45, 7) is 9.93. The van der Waals surface area contributed by atoms with Crippen LogP contribution in [-0.4, -0.2) is 40.2 Å². The number of benzene rings is 2. The van der Waals surface area contributed by atoms with E-state index in [0.29, 0.717) is 23.4 Å². The molecule has 156 valence electrons. The first kappa shape index (κ1) is 23.5. The van der Waals surface area contributed by atoms with Crippen molar-refractivity contribution in [3.63, 3.8) is 0 Å². The Morgan fingerprint density at radius 3 is 2.29 bits per heavy atom. The van der Waals surface area contributed by atoms with Crippen LogP contribution in [0.1, 0.15) is 49.4 Å². The highest BCUT2D eigenvalue weighted by atomic mass is 19.1. The van der Waals surface area contributed by atoms with Crippen molar-refractivity contribution in [2.45, 2.75) is 58.4 Å². The number of hydrogen-bond donors (Lipinski definition) is 2. The third-order valence-corrected chi connectivity index (χ3v) is 5.65. The molecule has 0 aromatic heterocycles. The minimum absolute atomic E-state index is 0.0707. The molecule has 0 spiro atoms. The molecule has 3 rings (SSSR count). The lowest BCUT2D eigenvalue weighted by atomic mass is 9.39. The third kappa shape index (κ3) is 4.41. The maximum atomic E-state index is 13.8. The lowest BCUT2D eigenvalue weighted by molar-refractivity contribution is -0.117. The summed E-state index contributed by atoms with van der Waals surface area (Å²) in [5.74, 6) is -0.580. The van der Waals surface area contributed by atoms with Gasteiger partial charge in [-0.3, -0.25) is 4.79 Å². The van der Waals surface area contributed by atoms with Gasteiger partial charge in [0.15, 0.2) is 0 Å². The van der Waals surface area contributed by atoms with Crippen molar-refractivity contribution in [1.82, 2.24) is 0 Å². The number of aryl methyl sites for hydroxylation is 2. The van der Waals surface area contributed by atoms with Gasteiger partial charge in [-0.25, -0.2) is 4.39 Å². The Morgan fingerprint density at radius 1 is 1.16 bits per heavy atom. The minimum atomic E-state index is -2.18. The number of carbonyl (C=O) groups excluding carboxylic acids is 1. The number of halogens is 1. The van der Waals surface area contributed by atoms with Gasteiger partial charge in [-0.15, -0.1) is 0 Å². The number of anilines is 2. The highest BCUT2D eigenvalue weighted by molar-refractivity contribution is 6.45. The maximum Gasteiger partial charge on any atom is 0.224 e. The molecule has 1 unspecified atom stereocenters. The minimum Gasteiger partial charge on any atom is -0.381 e. The molecule has 1 atom stereocenters. The molecule has 0 aliphatic carbocycles. The van der Waals surface area contributed by atoms with Crippen LogP contribution in [0.4, 0.5) is 15.8 Å². The number of nitrogens with one attached hydrogen (secondary N) is 1. The first-order valence-corrected chi connectivity index (χ1v) is 10.2. The lowest BCUT2D eigenvalue weighted by Crippen LogP contribution is -2.67. The molecule has 1 amide bonds. The van der Waals surface area contributed by atoms with Crippen LogP contribution in [0.25, 0.3) is 0 Å². The molecular formula is C23H26B3FN2O2. The molecular weight excluding hydrogens is 388 g/mol. The second-order valence-corrected chi connectivity index (χ2v) is 9.72. The topological polar surface area (TPSA) is 52.6 Å². The van der Waals surface area contributed by atoms with Gasteiger partial charge in [-0.1, -0.05) is 26.8 Å². The van der Waals surface area contributed by atoms with Crippen LogP contribution in [0, 0.1) is 25.1 Å². The van der Waals surface area contributed by atoms with Gasteiger partial charge in [0.25, 0.3) is 0 Å². The van der Waals surface area contributed by atoms with E-state index in [4.69, 9.17) is 23.5 Å². The standard InChI is InChI=1S/C23H26B3FN2O2/c1-13-8-17(9-14(2)20(13)28-19(30)11-21(3,4)5)29-12-15-6-7-16(27)10-18(15)22(24,25)23(29,26)31/h6-10,31H,11-12H2,1-5H3,(H,28,30). The van der Waals surface area contributed by atoms with Crippen molar-refractivity contribution in [2.24, 2.45) is 5.41 Å². The summed E-state index contributed by atoms with van der Waals surface area (Å²) in [4.78, 5) is 13.9. The number of aliphatic hydroxyl groups is 1. The largest absolute Gasteiger partial charge is 0.381 e. The molecule has 8 heteroatoms. The zero-order valence-corrected chi connectivity index (χ0v) is 18.7. The number of amides is 1. The smallest absolute Gasteiger partial charge is 0.224 e. The molecule has 1 aliphatic rings. The molecule has 4 nitrogen and oxygen atoms in total. The van der Waals surface area contributed by atoms with E-state index in [1.807, 2.05) is 46.8 Å². The van der Waals surface area contributed by atoms with Crippen LogP contribution < -0.4 is 10.2 Å². The number of carbonyl (C=O) groups is 1. The Bertz CT molecular complexity index is 1010. The molecule has 1 aliphatic heterocycles.